The first-order valence-corrected chi connectivity index (χ1v) is 8.96. The molecule has 3 amide bonds. The molecular formula is C22H18N2O4. The van der Waals surface area contributed by atoms with E-state index >= 15 is 0 Å². The number of aryl methyl sites for hydroxylation is 1. The summed E-state index contributed by atoms with van der Waals surface area (Å²) in [5.74, 6) is -1.61. The molecule has 28 heavy (non-hydrogen) atoms. The molecule has 0 radical (unpaired) electrons. The van der Waals surface area contributed by atoms with Gasteiger partial charge >= 0.3 is 0 Å². The normalized spacial score (nSPS) is 13.1. The van der Waals surface area contributed by atoms with Crippen LogP contribution in [-0.2, 0) is 0 Å². The molecule has 0 fully saturated rings. The SMILES string of the molecule is CCN(C(=O)c1ccc(C)cc1)N1C(=O)c2cccc3c(O)ccc(c23)C1=O. The number of hydrogen-bond donors (Lipinski definition) is 1. The molecule has 1 aliphatic rings. The summed E-state index contributed by atoms with van der Waals surface area (Å²) in [5, 5.41) is 13.0. The summed E-state index contributed by atoms with van der Waals surface area (Å²) in [6.07, 6.45) is 0. The molecule has 0 saturated heterocycles. The van der Waals surface area contributed by atoms with Gasteiger partial charge in [0.05, 0.1) is 11.1 Å². The van der Waals surface area contributed by atoms with Gasteiger partial charge in [-0.15, -0.1) is 0 Å². The first kappa shape index (κ1) is 17.7. The predicted molar refractivity (Wildman–Crippen MR) is 104 cm³/mol. The number of rotatable bonds is 3. The molecule has 4 rings (SSSR count). The smallest absolute Gasteiger partial charge is 0.280 e. The van der Waals surface area contributed by atoms with E-state index in [0.717, 1.165) is 15.6 Å². The number of imide groups is 1. The van der Waals surface area contributed by atoms with Gasteiger partial charge in [0, 0.05) is 22.9 Å². The van der Waals surface area contributed by atoms with E-state index in [4.69, 9.17) is 0 Å². The Hall–Kier alpha value is -3.67. The Morgan fingerprint density at radius 2 is 1.61 bits per heavy atom. The van der Waals surface area contributed by atoms with Gasteiger partial charge in [-0.1, -0.05) is 29.8 Å². The van der Waals surface area contributed by atoms with Gasteiger partial charge in [-0.3, -0.25) is 14.4 Å². The van der Waals surface area contributed by atoms with E-state index in [2.05, 4.69) is 0 Å². The van der Waals surface area contributed by atoms with Gasteiger partial charge in [-0.25, -0.2) is 5.01 Å². The molecule has 3 aromatic carbocycles. The number of amides is 3. The summed E-state index contributed by atoms with van der Waals surface area (Å²) in [6, 6.07) is 14.8. The number of phenols is 1. The van der Waals surface area contributed by atoms with Crippen molar-refractivity contribution in [2.45, 2.75) is 13.8 Å². The first-order chi connectivity index (χ1) is 13.4. The van der Waals surface area contributed by atoms with Gasteiger partial charge in [-0.05, 0) is 44.2 Å². The van der Waals surface area contributed by atoms with Crippen molar-refractivity contribution in [3.8, 4) is 5.75 Å². The van der Waals surface area contributed by atoms with E-state index in [1.54, 1.807) is 49.4 Å². The maximum atomic E-state index is 13.1. The molecule has 0 saturated carbocycles. The van der Waals surface area contributed by atoms with Crippen LogP contribution in [-0.4, -0.2) is 39.4 Å². The molecule has 1 aliphatic heterocycles. The van der Waals surface area contributed by atoms with E-state index in [1.165, 1.54) is 12.1 Å². The van der Waals surface area contributed by atoms with Crippen LogP contribution in [0.2, 0.25) is 0 Å². The molecule has 6 nitrogen and oxygen atoms in total. The lowest BCUT2D eigenvalue weighted by Gasteiger charge is -2.35. The third kappa shape index (κ3) is 2.53. The lowest BCUT2D eigenvalue weighted by molar-refractivity contribution is 0.00182. The van der Waals surface area contributed by atoms with Gasteiger partial charge < -0.3 is 5.11 Å². The fourth-order valence-electron chi connectivity index (χ4n) is 3.51. The number of benzene rings is 3. The van der Waals surface area contributed by atoms with E-state index in [-0.39, 0.29) is 23.4 Å². The second-order valence-corrected chi connectivity index (χ2v) is 6.67. The van der Waals surface area contributed by atoms with Crippen molar-refractivity contribution in [1.82, 2.24) is 10.0 Å². The highest BCUT2D eigenvalue weighted by Crippen LogP contribution is 2.35. The van der Waals surface area contributed by atoms with Gasteiger partial charge in [0.25, 0.3) is 17.7 Å². The second kappa shape index (κ2) is 6.49. The van der Waals surface area contributed by atoms with Crippen LogP contribution in [0.3, 0.4) is 0 Å². The summed E-state index contributed by atoms with van der Waals surface area (Å²) in [6.45, 7) is 3.77. The quantitative estimate of drug-likeness (QED) is 0.712. The third-order valence-electron chi connectivity index (χ3n) is 4.94. The minimum Gasteiger partial charge on any atom is -0.507 e. The van der Waals surface area contributed by atoms with E-state index < -0.39 is 17.7 Å². The lowest BCUT2D eigenvalue weighted by Crippen LogP contribution is -2.54. The second-order valence-electron chi connectivity index (χ2n) is 6.67. The number of aromatic hydroxyl groups is 1. The van der Waals surface area contributed by atoms with Crippen LogP contribution >= 0.6 is 0 Å². The number of nitrogens with zero attached hydrogens (tertiary/aromatic N) is 2. The maximum Gasteiger partial charge on any atom is 0.280 e. The van der Waals surface area contributed by atoms with Crippen LogP contribution in [0.4, 0.5) is 0 Å². The molecular weight excluding hydrogens is 356 g/mol. The van der Waals surface area contributed by atoms with Crippen LogP contribution in [0.5, 0.6) is 5.75 Å². The van der Waals surface area contributed by atoms with Crippen molar-refractivity contribution in [2.24, 2.45) is 0 Å². The van der Waals surface area contributed by atoms with E-state index in [9.17, 15) is 19.5 Å². The van der Waals surface area contributed by atoms with Gasteiger partial charge in [-0.2, -0.15) is 5.01 Å². The molecule has 0 atom stereocenters. The molecule has 1 heterocycles. The molecule has 1 N–H and O–H groups in total. The minimum absolute atomic E-state index is 0.00210. The third-order valence-corrected chi connectivity index (χ3v) is 4.94. The van der Waals surface area contributed by atoms with E-state index in [1.807, 2.05) is 6.92 Å². The Morgan fingerprint density at radius 1 is 0.964 bits per heavy atom. The van der Waals surface area contributed by atoms with E-state index in [0.29, 0.717) is 16.3 Å². The fourth-order valence-corrected chi connectivity index (χ4v) is 3.51. The van der Waals surface area contributed by atoms with Crippen LogP contribution in [0.1, 0.15) is 43.6 Å². The van der Waals surface area contributed by atoms with Crippen molar-refractivity contribution in [2.75, 3.05) is 6.54 Å². The summed E-state index contributed by atoms with van der Waals surface area (Å²) in [5.41, 5.74) is 1.95. The number of carbonyl (C=O) groups excluding carboxylic acids is 3. The fraction of sp³-hybridized carbons (Fsp3) is 0.136. The van der Waals surface area contributed by atoms with Crippen LogP contribution in [0.15, 0.2) is 54.6 Å². The Bertz CT molecular complexity index is 1110. The monoisotopic (exact) mass is 374 g/mol. The summed E-state index contributed by atoms with van der Waals surface area (Å²) in [4.78, 5) is 39.3. The average Bonchev–Trinajstić information content (AvgIpc) is 2.70. The largest absolute Gasteiger partial charge is 0.507 e. The number of hydrogen-bond acceptors (Lipinski definition) is 4. The minimum atomic E-state index is -0.587. The van der Waals surface area contributed by atoms with Crippen molar-refractivity contribution >= 4 is 28.5 Å². The molecule has 0 unspecified atom stereocenters. The highest BCUT2D eigenvalue weighted by molar-refractivity contribution is 6.26. The summed E-state index contributed by atoms with van der Waals surface area (Å²) < 4.78 is 0. The highest BCUT2D eigenvalue weighted by Gasteiger charge is 2.38. The molecule has 140 valence electrons. The van der Waals surface area contributed by atoms with Crippen LogP contribution in [0, 0.1) is 6.92 Å². The van der Waals surface area contributed by atoms with Crippen molar-refractivity contribution in [3.05, 3.63) is 76.9 Å². The zero-order valence-corrected chi connectivity index (χ0v) is 15.5. The van der Waals surface area contributed by atoms with Crippen LogP contribution in [0.25, 0.3) is 10.8 Å². The van der Waals surface area contributed by atoms with Gasteiger partial charge in [0.1, 0.15) is 5.75 Å². The Kier molecular flexibility index (Phi) is 4.11. The predicted octanol–water partition coefficient (Wildman–Crippen LogP) is 3.53. The molecule has 0 spiro atoms. The number of carbonyl (C=O) groups is 3. The lowest BCUT2D eigenvalue weighted by atomic mass is 9.94. The zero-order chi connectivity index (χ0) is 20.0. The van der Waals surface area contributed by atoms with Crippen molar-refractivity contribution in [3.63, 3.8) is 0 Å². The number of hydrazine groups is 1. The molecule has 0 aromatic heterocycles. The summed E-state index contributed by atoms with van der Waals surface area (Å²) in [7, 11) is 0. The zero-order valence-electron chi connectivity index (χ0n) is 15.5. The Labute approximate surface area is 161 Å². The Balaban J connectivity index is 1.83. The summed E-state index contributed by atoms with van der Waals surface area (Å²) >= 11 is 0. The topological polar surface area (TPSA) is 77.9 Å². The molecule has 0 bridgehead atoms. The van der Waals surface area contributed by atoms with Crippen LogP contribution < -0.4 is 0 Å². The standard InChI is InChI=1S/C22H18N2O4/c1-3-23(20(26)14-9-7-13(2)8-10-14)24-21(27)16-6-4-5-15-18(25)12-11-17(19(15)16)22(24)28/h4-12,25H,3H2,1-2H3. The number of phenolic OH excluding ortho intramolecular Hbond substituents is 1. The van der Waals surface area contributed by atoms with Gasteiger partial charge in [0.15, 0.2) is 0 Å². The average molecular weight is 374 g/mol. The van der Waals surface area contributed by atoms with Crippen molar-refractivity contribution < 1.29 is 19.5 Å². The molecule has 6 heteroatoms. The Morgan fingerprint density at radius 3 is 2.25 bits per heavy atom. The van der Waals surface area contributed by atoms with Crippen molar-refractivity contribution in [1.29, 1.82) is 0 Å². The molecule has 3 aromatic rings. The maximum absolute atomic E-state index is 13.1. The molecule has 0 aliphatic carbocycles. The highest BCUT2D eigenvalue weighted by atomic mass is 16.3. The first-order valence-electron chi connectivity index (χ1n) is 8.96. The van der Waals surface area contributed by atoms with Gasteiger partial charge in [0.2, 0.25) is 0 Å².